The van der Waals surface area contributed by atoms with E-state index < -0.39 is 5.54 Å². The Morgan fingerprint density at radius 2 is 1.91 bits per heavy atom. The van der Waals surface area contributed by atoms with E-state index in [2.05, 4.69) is 39.5 Å². The average Bonchev–Trinajstić information content (AvgIpc) is 3.29. The molecule has 1 aromatic carbocycles. The monoisotopic (exact) mass is 467 g/mol. The molecular weight excluding hydrogens is 438 g/mol. The zero-order chi connectivity index (χ0) is 23.0. The first-order valence-corrected chi connectivity index (χ1v) is 12.4. The van der Waals surface area contributed by atoms with Crippen molar-refractivity contribution in [2.75, 3.05) is 25.5 Å². The van der Waals surface area contributed by atoms with Gasteiger partial charge < -0.3 is 10.2 Å². The van der Waals surface area contributed by atoms with Crippen molar-refractivity contribution in [2.24, 2.45) is 0 Å². The zero-order valence-corrected chi connectivity index (χ0v) is 19.7. The number of benzene rings is 1. The summed E-state index contributed by atoms with van der Waals surface area (Å²) in [7, 11) is 1.68. The van der Waals surface area contributed by atoms with Crippen molar-refractivity contribution in [1.82, 2.24) is 19.7 Å². The largest absolute Gasteiger partial charge is 0.327 e. The van der Waals surface area contributed by atoms with Crippen LogP contribution in [0.5, 0.6) is 0 Å². The summed E-state index contributed by atoms with van der Waals surface area (Å²) < 4.78 is 0. The lowest BCUT2D eigenvalue weighted by molar-refractivity contribution is -0.136. The van der Waals surface area contributed by atoms with E-state index in [0.717, 1.165) is 60.8 Å². The van der Waals surface area contributed by atoms with E-state index in [0.29, 0.717) is 18.0 Å². The minimum absolute atomic E-state index is 0.236. The van der Waals surface area contributed by atoms with Crippen LogP contribution < -0.4 is 5.32 Å². The molecule has 1 aliphatic carbocycles. The van der Waals surface area contributed by atoms with Crippen molar-refractivity contribution in [2.45, 2.75) is 57.2 Å². The molecule has 174 valence electrons. The fourth-order valence-electron chi connectivity index (χ4n) is 5.25. The van der Waals surface area contributed by atoms with E-state index in [1.807, 2.05) is 6.07 Å². The molecule has 2 fully saturated rings. The molecule has 1 saturated heterocycles. The van der Waals surface area contributed by atoms with Crippen molar-refractivity contribution < 1.29 is 14.4 Å². The Kier molecular flexibility index (Phi) is 5.92. The number of thiazole rings is 1. The van der Waals surface area contributed by atoms with Gasteiger partial charge in [-0.3, -0.25) is 19.4 Å². The van der Waals surface area contributed by atoms with Gasteiger partial charge in [-0.1, -0.05) is 49.6 Å². The van der Waals surface area contributed by atoms with E-state index in [9.17, 15) is 14.4 Å². The Balaban J connectivity index is 1.21. The van der Waals surface area contributed by atoms with E-state index in [1.165, 1.54) is 16.9 Å². The number of aromatic nitrogens is 1. The van der Waals surface area contributed by atoms with Gasteiger partial charge in [-0.25, -0.2) is 9.78 Å². The van der Waals surface area contributed by atoms with Gasteiger partial charge in [0.25, 0.3) is 5.91 Å². The molecule has 1 saturated carbocycles. The second-order valence-electron chi connectivity index (χ2n) is 9.21. The van der Waals surface area contributed by atoms with Crippen LogP contribution in [-0.4, -0.2) is 63.2 Å². The summed E-state index contributed by atoms with van der Waals surface area (Å²) in [5, 5.41) is 3.36. The van der Waals surface area contributed by atoms with Gasteiger partial charge in [0.1, 0.15) is 12.1 Å². The summed E-state index contributed by atoms with van der Waals surface area (Å²) in [6.45, 7) is 2.33. The minimum Gasteiger partial charge on any atom is -0.313 e. The van der Waals surface area contributed by atoms with Crippen LogP contribution in [0.15, 0.2) is 30.3 Å². The van der Waals surface area contributed by atoms with E-state index in [1.54, 1.807) is 11.9 Å². The SMILES string of the molecule is CN1C(=O)N(CC(=O)Nc2nc3c(s2)CN(Cc2ccccc2)CC3)C(=O)C12CCCCC2. The van der Waals surface area contributed by atoms with E-state index >= 15 is 0 Å². The van der Waals surface area contributed by atoms with Crippen molar-refractivity contribution in [3.63, 3.8) is 0 Å². The Labute approximate surface area is 197 Å². The molecule has 3 heterocycles. The van der Waals surface area contributed by atoms with Gasteiger partial charge in [-0.2, -0.15) is 0 Å². The fourth-order valence-corrected chi connectivity index (χ4v) is 6.32. The third-order valence-electron chi connectivity index (χ3n) is 7.09. The Hall–Kier alpha value is -2.78. The summed E-state index contributed by atoms with van der Waals surface area (Å²) in [4.78, 5) is 49.4. The summed E-state index contributed by atoms with van der Waals surface area (Å²) in [6.07, 6.45) is 5.11. The first-order valence-electron chi connectivity index (χ1n) is 11.6. The van der Waals surface area contributed by atoms with Crippen LogP contribution in [0.3, 0.4) is 0 Å². The third-order valence-corrected chi connectivity index (χ3v) is 8.09. The van der Waals surface area contributed by atoms with Crippen molar-refractivity contribution in [3.8, 4) is 0 Å². The Morgan fingerprint density at radius 3 is 2.67 bits per heavy atom. The topological polar surface area (TPSA) is 85.8 Å². The normalized spacial score (nSPS) is 20.4. The summed E-state index contributed by atoms with van der Waals surface area (Å²) in [5.74, 6) is -0.620. The van der Waals surface area contributed by atoms with Crippen LogP contribution in [0.25, 0.3) is 0 Å². The molecule has 8 nitrogen and oxygen atoms in total. The van der Waals surface area contributed by atoms with Crippen molar-refractivity contribution >= 4 is 34.3 Å². The van der Waals surface area contributed by atoms with Crippen molar-refractivity contribution in [1.29, 1.82) is 0 Å². The first kappa shape index (κ1) is 22.0. The highest BCUT2D eigenvalue weighted by atomic mass is 32.1. The quantitative estimate of drug-likeness (QED) is 0.683. The van der Waals surface area contributed by atoms with Gasteiger partial charge in [0, 0.05) is 38.0 Å². The second kappa shape index (κ2) is 8.87. The molecule has 0 radical (unpaired) electrons. The molecule has 5 rings (SSSR count). The summed E-state index contributed by atoms with van der Waals surface area (Å²) in [6, 6.07) is 10.00. The predicted molar refractivity (Wildman–Crippen MR) is 126 cm³/mol. The molecule has 0 unspecified atom stereocenters. The van der Waals surface area contributed by atoms with Crippen LogP contribution in [0, 0.1) is 0 Å². The number of nitrogens with zero attached hydrogens (tertiary/aromatic N) is 4. The molecule has 2 aromatic rings. The Morgan fingerprint density at radius 1 is 1.15 bits per heavy atom. The number of nitrogens with one attached hydrogen (secondary N) is 1. The molecule has 9 heteroatoms. The predicted octanol–water partition coefficient (Wildman–Crippen LogP) is 3.24. The number of carbonyl (C=O) groups is 3. The highest BCUT2D eigenvalue weighted by molar-refractivity contribution is 7.15. The van der Waals surface area contributed by atoms with Crippen LogP contribution in [0.2, 0.25) is 0 Å². The lowest BCUT2D eigenvalue weighted by Crippen LogP contribution is -2.49. The minimum atomic E-state index is -0.766. The molecule has 1 N–H and O–H groups in total. The number of amides is 4. The number of carbonyl (C=O) groups excluding carboxylic acids is 3. The van der Waals surface area contributed by atoms with Gasteiger partial charge in [0.05, 0.1) is 5.69 Å². The molecule has 0 atom stereocenters. The van der Waals surface area contributed by atoms with Crippen LogP contribution in [0.4, 0.5) is 9.93 Å². The summed E-state index contributed by atoms with van der Waals surface area (Å²) >= 11 is 1.48. The number of imide groups is 1. The number of hydrogen-bond acceptors (Lipinski definition) is 6. The van der Waals surface area contributed by atoms with Crippen LogP contribution in [-0.2, 0) is 29.1 Å². The maximum atomic E-state index is 13.1. The van der Waals surface area contributed by atoms with Gasteiger partial charge in [0.2, 0.25) is 5.91 Å². The van der Waals surface area contributed by atoms with E-state index in [4.69, 9.17) is 0 Å². The van der Waals surface area contributed by atoms with Gasteiger partial charge in [0.15, 0.2) is 5.13 Å². The molecule has 0 bridgehead atoms. The average molecular weight is 468 g/mol. The molecule has 33 heavy (non-hydrogen) atoms. The van der Waals surface area contributed by atoms with Gasteiger partial charge in [-0.15, -0.1) is 11.3 Å². The lowest BCUT2D eigenvalue weighted by Gasteiger charge is -2.35. The standard InChI is InChI=1S/C24H29N5O3S/c1-27-23(32)29(21(31)24(27)11-6-3-7-12-24)16-20(30)26-22-25-18-10-13-28(15-19(18)33-22)14-17-8-4-2-5-9-17/h2,4-5,8-9H,3,6-7,10-16H2,1H3,(H,25,26,30). The number of rotatable bonds is 5. The van der Waals surface area contributed by atoms with Crippen LogP contribution >= 0.6 is 11.3 Å². The molecule has 1 aromatic heterocycles. The molecule has 1 spiro atoms. The highest BCUT2D eigenvalue weighted by Crippen LogP contribution is 2.39. The first-order chi connectivity index (χ1) is 16.0. The second-order valence-corrected chi connectivity index (χ2v) is 10.3. The lowest BCUT2D eigenvalue weighted by atomic mass is 9.81. The molecular formula is C24H29N5O3S. The zero-order valence-electron chi connectivity index (χ0n) is 18.9. The maximum absolute atomic E-state index is 13.1. The smallest absolute Gasteiger partial charge is 0.313 e. The van der Waals surface area contributed by atoms with E-state index in [-0.39, 0.29) is 24.4 Å². The fraction of sp³-hybridized carbons (Fsp3) is 0.500. The molecule has 4 amide bonds. The highest BCUT2D eigenvalue weighted by Gasteiger charge is 2.55. The number of urea groups is 1. The summed E-state index contributed by atoms with van der Waals surface area (Å²) in [5.41, 5.74) is 1.53. The van der Waals surface area contributed by atoms with Gasteiger partial charge >= 0.3 is 6.03 Å². The number of likely N-dealkylation sites (N-methyl/N-ethyl adjacent to an activating group) is 1. The Bertz CT molecular complexity index is 1060. The van der Waals surface area contributed by atoms with Crippen LogP contribution in [0.1, 0.15) is 48.2 Å². The number of anilines is 1. The van der Waals surface area contributed by atoms with Crippen molar-refractivity contribution in [3.05, 3.63) is 46.5 Å². The molecule has 2 aliphatic heterocycles. The number of fused-ring (bicyclic) bond motifs is 1. The maximum Gasteiger partial charge on any atom is 0.327 e. The van der Waals surface area contributed by atoms with Gasteiger partial charge in [-0.05, 0) is 18.4 Å². The molecule has 3 aliphatic rings. The third kappa shape index (κ3) is 4.15. The number of hydrogen-bond donors (Lipinski definition) is 1.